The molecule has 16 heavy (non-hydrogen) atoms. The van der Waals surface area contributed by atoms with Crippen molar-refractivity contribution in [2.75, 3.05) is 12.4 Å². The van der Waals surface area contributed by atoms with E-state index in [0.29, 0.717) is 12.0 Å². The number of hydrogen-bond donors (Lipinski definition) is 1. The maximum absolute atomic E-state index is 12.8. The van der Waals surface area contributed by atoms with Crippen molar-refractivity contribution in [3.8, 4) is 0 Å². The number of benzene rings is 1. The minimum absolute atomic E-state index is 0.0589. The van der Waals surface area contributed by atoms with Gasteiger partial charge in [-0.1, -0.05) is 0 Å². The maximum Gasteiger partial charge on any atom is 0.178 e. The largest absolute Gasteiger partial charge is 0.305 e. The summed E-state index contributed by atoms with van der Waals surface area (Å²) in [7, 11) is -3.38. The first-order valence-corrected chi connectivity index (χ1v) is 6.43. The van der Waals surface area contributed by atoms with Gasteiger partial charge in [-0.15, -0.1) is 0 Å². The van der Waals surface area contributed by atoms with Gasteiger partial charge in [-0.25, -0.2) is 18.7 Å². The third-order valence-electron chi connectivity index (χ3n) is 2.15. The van der Waals surface area contributed by atoms with Gasteiger partial charge in [0.25, 0.3) is 0 Å². The Morgan fingerprint density at radius 1 is 1.44 bits per heavy atom. The van der Waals surface area contributed by atoms with E-state index in [0.717, 1.165) is 6.07 Å². The smallest absolute Gasteiger partial charge is 0.178 e. The molecule has 90 valence electrons. The molecule has 1 rings (SSSR count). The van der Waals surface area contributed by atoms with Gasteiger partial charge >= 0.3 is 0 Å². The molecule has 4 nitrogen and oxygen atoms in total. The van der Waals surface area contributed by atoms with Gasteiger partial charge in [0.1, 0.15) is 5.82 Å². The number of sulfone groups is 1. The molecule has 0 spiro atoms. The molecular weight excluding hydrogens is 233 g/mol. The zero-order chi connectivity index (χ0) is 12.2. The molecule has 0 aliphatic heterocycles. The fraction of sp³-hybridized carbons (Fsp3) is 0.400. The van der Waals surface area contributed by atoms with Gasteiger partial charge in [0, 0.05) is 0 Å². The van der Waals surface area contributed by atoms with Crippen LogP contribution in [-0.4, -0.2) is 20.8 Å². The third kappa shape index (κ3) is 3.26. The molecule has 1 aromatic carbocycles. The molecule has 0 saturated carbocycles. The monoisotopic (exact) mass is 247 g/mol. The van der Waals surface area contributed by atoms with Crippen LogP contribution in [0.25, 0.3) is 0 Å². The lowest BCUT2D eigenvalue weighted by molar-refractivity contribution is 0.139. The molecule has 6 heteroatoms. The summed E-state index contributed by atoms with van der Waals surface area (Å²) in [6.07, 6.45) is 0.315. The first-order valence-electron chi connectivity index (χ1n) is 4.78. The van der Waals surface area contributed by atoms with E-state index in [2.05, 4.69) is 4.84 Å². The molecule has 0 saturated heterocycles. The Balaban J connectivity index is 2.90. The van der Waals surface area contributed by atoms with Gasteiger partial charge in [-0.2, -0.15) is 0 Å². The molecule has 0 atom stereocenters. The molecule has 0 bridgehead atoms. The molecule has 1 aromatic rings. The first-order chi connectivity index (χ1) is 7.47. The summed E-state index contributed by atoms with van der Waals surface area (Å²) in [5.41, 5.74) is 0.411. The van der Waals surface area contributed by atoms with Crippen LogP contribution in [0.1, 0.15) is 12.0 Å². The molecule has 0 aliphatic rings. The van der Waals surface area contributed by atoms with Crippen molar-refractivity contribution >= 4 is 9.84 Å². The van der Waals surface area contributed by atoms with Crippen molar-refractivity contribution < 1.29 is 17.6 Å². The van der Waals surface area contributed by atoms with E-state index in [-0.39, 0.29) is 17.3 Å². The molecule has 0 aromatic heterocycles. The minimum atomic E-state index is -3.38. The van der Waals surface area contributed by atoms with Crippen LogP contribution >= 0.6 is 0 Å². The highest BCUT2D eigenvalue weighted by Gasteiger charge is 2.16. The van der Waals surface area contributed by atoms with Crippen LogP contribution in [0.5, 0.6) is 0 Å². The predicted molar refractivity (Wildman–Crippen MR) is 57.9 cm³/mol. The van der Waals surface area contributed by atoms with Gasteiger partial charge in [0.15, 0.2) is 9.84 Å². The van der Waals surface area contributed by atoms with E-state index >= 15 is 0 Å². The van der Waals surface area contributed by atoms with Gasteiger partial charge in [-0.05, 0) is 37.1 Å². The lowest BCUT2D eigenvalue weighted by Crippen LogP contribution is -2.12. The van der Waals surface area contributed by atoms with Crippen molar-refractivity contribution in [3.63, 3.8) is 0 Å². The summed E-state index contributed by atoms with van der Waals surface area (Å²) < 4.78 is 36.5. The standard InChI is InChI=1S/C10H14FNO3S/c1-8-7-9(11)3-4-10(8)16(13,14)6-2-5-15-12/h3-4,7H,2,5-6,12H2,1H3. The van der Waals surface area contributed by atoms with Crippen molar-refractivity contribution in [1.82, 2.24) is 0 Å². The van der Waals surface area contributed by atoms with Gasteiger partial charge in [-0.3, -0.25) is 0 Å². The summed E-state index contributed by atoms with van der Waals surface area (Å²) in [5.74, 6) is 4.30. The van der Waals surface area contributed by atoms with Gasteiger partial charge in [0.2, 0.25) is 0 Å². The zero-order valence-corrected chi connectivity index (χ0v) is 9.76. The number of rotatable bonds is 5. The maximum atomic E-state index is 12.8. The van der Waals surface area contributed by atoms with Crippen molar-refractivity contribution in [3.05, 3.63) is 29.6 Å². The average molecular weight is 247 g/mol. The molecule has 2 N–H and O–H groups in total. The van der Waals surface area contributed by atoms with Crippen LogP contribution in [0.4, 0.5) is 4.39 Å². The second-order valence-electron chi connectivity index (χ2n) is 3.45. The zero-order valence-electron chi connectivity index (χ0n) is 8.94. The average Bonchev–Trinajstić information content (AvgIpc) is 2.17. The summed E-state index contributed by atoms with van der Waals surface area (Å²) >= 11 is 0. The van der Waals surface area contributed by atoms with Crippen LogP contribution in [0.3, 0.4) is 0 Å². The van der Waals surface area contributed by atoms with Crippen LogP contribution in [0.2, 0.25) is 0 Å². The Labute approximate surface area is 94.1 Å². The predicted octanol–water partition coefficient (Wildman–Crippen LogP) is 1.19. The van der Waals surface area contributed by atoms with E-state index in [1.807, 2.05) is 0 Å². The Bertz CT molecular complexity index is 459. The second kappa shape index (κ2) is 5.38. The SMILES string of the molecule is Cc1cc(F)ccc1S(=O)(=O)CCCON. The Morgan fingerprint density at radius 3 is 2.69 bits per heavy atom. The third-order valence-corrected chi connectivity index (χ3v) is 4.10. The summed E-state index contributed by atoms with van der Waals surface area (Å²) in [4.78, 5) is 4.46. The molecule has 0 unspecified atom stereocenters. The highest BCUT2D eigenvalue weighted by Crippen LogP contribution is 2.18. The summed E-state index contributed by atoms with van der Waals surface area (Å²) in [6.45, 7) is 1.74. The molecule has 0 aliphatic carbocycles. The highest BCUT2D eigenvalue weighted by molar-refractivity contribution is 7.91. The lowest BCUT2D eigenvalue weighted by Gasteiger charge is -2.07. The van der Waals surface area contributed by atoms with Crippen LogP contribution in [-0.2, 0) is 14.7 Å². The van der Waals surface area contributed by atoms with Crippen molar-refractivity contribution in [2.24, 2.45) is 5.90 Å². The van der Waals surface area contributed by atoms with E-state index in [1.54, 1.807) is 6.92 Å². The number of aryl methyl sites for hydroxylation is 1. The fourth-order valence-corrected chi connectivity index (χ4v) is 2.95. The highest BCUT2D eigenvalue weighted by atomic mass is 32.2. The van der Waals surface area contributed by atoms with E-state index in [4.69, 9.17) is 5.90 Å². The number of hydrogen-bond acceptors (Lipinski definition) is 4. The first kappa shape index (κ1) is 13.1. The van der Waals surface area contributed by atoms with Crippen molar-refractivity contribution in [2.45, 2.75) is 18.2 Å². The van der Waals surface area contributed by atoms with E-state index in [9.17, 15) is 12.8 Å². The molecular formula is C10H14FNO3S. The second-order valence-corrected chi connectivity index (χ2v) is 5.53. The Kier molecular flexibility index (Phi) is 4.40. The quantitative estimate of drug-likeness (QED) is 0.482. The number of nitrogens with two attached hydrogens (primary N) is 1. The normalized spacial score (nSPS) is 11.7. The Morgan fingerprint density at radius 2 is 2.12 bits per heavy atom. The Hall–Kier alpha value is -0.980. The summed E-state index contributed by atoms with van der Waals surface area (Å²) in [5, 5.41) is 0. The topological polar surface area (TPSA) is 69.4 Å². The van der Waals surface area contributed by atoms with E-state index < -0.39 is 15.7 Å². The molecule has 0 fully saturated rings. The van der Waals surface area contributed by atoms with Crippen LogP contribution in [0.15, 0.2) is 23.1 Å². The van der Waals surface area contributed by atoms with Gasteiger partial charge in [0.05, 0.1) is 17.3 Å². The van der Waals surface area contributed by atoms with Crippen molar-refractivity contribution in [1.29, 1.82) is 0 Å². The van der Waals surface area contributed by atoms with Crippen LogP contribution in [0, 0.1) is 12.7 Å². The molecule has 0 radical (unpaired) electrons. The number of halogens is 1. The van der Waals surface area contributed by atoms with E-state index in [1.165, 1.54) is 12.1 Å². The van der Waals surface area contributed by atoms with Gasteiger partial charge < -0.3 is 4.84 Å². The lowest BCUT2D eigenvalue weighted by atomic mass is 10.2. The minimum Gasteiger partial charge on any atom is -0.305 e. The van der Waals surface area contributed by atoms with Crippen LogP contribution < -0.4 is 5.90 Å². The molecule has 0 amide bonds. The fourth-order valence-electron chi connectivity index (χ4n) is 1.40. The molecule has 0 heterocycles. The summed E-state index contributed by atoms with van der Waals surface area (Å²) in [6, 6.07) is 3.62.